The van der Waals surface area contributed by atoms with Crippen molar-refractivity contribution in [3.63, 3.8) is 0 Å². The van der Waals surface area contributed by atoms with Gasteiger partial charge < -0.3 is 14.4 Å². The molecule has 2 aliphatic rings. The predicted octanol–water partition coefficient (Wildman–Crippen LogP) is 3.75. The van der Waals surface area contributed by atoms with Crippen molar-refractivity contribution in [1.82, 2.24) is 4.90 Å². The average molecular weight is 365 g/mol. The number of esters is 1. The van der Waals surface area contributed by atoms with Crippen LogP contribution in [0.15, 0.2) is 36.4 Å². The number of benzene rings is 2. The van der Waals surface area contributed by atoms with Crippen LogP contribution in [0.3, 0.4) is 0 Å². The average Bonchev–Trinajstić information content (AvgIpc) is 3.05. The highest BCUT2D eigenvalue weighted by atomic mass is 16.5. The van der Waals surface area contributed by atoms with Gasteiger partial charge in [-0.1, -0.05) is 24.3 Å². The fourth-order valence-electron chi connectivity index (χ4n) is 4.39. The molecule has 0 N–H and O–H groups in total. The molecule has 2 aromatic carbocycles. The molecular weight excluding hydrogens is 338 g/mol. The Balaban J connectivity index is 1.38. The van der Waals surface area contributed by atoms with Gasteiger partial charge in [0.15, 0.2) is 0 Å². The minimum absolute atomic E-state index is 0.148. The minimum atomic E-state index is -0.148. The Hall–Kier alpha value is -2.33. The second kappa shape index (κ2) is 7.73. The van der Waals surface area contributed by atoms with Crippen LogP contribution in [0.4, 0.5) is 0 Å². The summed E-state index contributed by atoms with van der Waals surface area (Å²) in [5, 5.41) is 0. The Morgan fingerprint density at radius 1 is 1.26 bits per heavy atom. The molecule has 4 nitrogen and oxygen atoms in total. The highest BCUT2D eigenvalue weighted by Crippen LogP contribution is 2.37. The van der Waals surface area contributed by atoms with Crippen LogP contribution in [0.25, 0.3) is 0 Å². The summed E-state index contributed by atoms with van der Waals surface area (Å²) in [5.74, 6) is 2.20. The van der Waals surface area contributed by atoms with Crippen LogP contribution in [0.2, 0.25) is 0 Å². The number of carbonyl (C=O) groups excluding carboxylic acids is 1. The molecule has 4 heteroatoms. The molecule has 1 atom stereocenters. The van der Waals surface area contributed by atoms with Crippen molar-refractivity contribution in [3.05, 3.63) is 58.7 Å². The summed E-state index contributed by atoms with van der Waals surface area (Å²) >= 11 is 0. The van der Waals surface area contributed by atoms with Gasteiger partial charge in [0.05, 0.1) is 13.5 Å². The maximum Gasteiger partial charge on any atom is 0.315 e. The van der Waals surface area contributed by atoms with Gasteiger partial charge in [-0.05, 0) is 67.5 Å². The highest BCUT2D eigenvalue weighted by Gasteiger charge is 2.24. The summed E-state index contributed by atoms with van der Waals surface area (Å²) in [5.41, 5.74) is 5.08. The first-order valence-corrected chi connectivity index (χ1v) is 9.81. The van der Waals surface area contributed by atoms with Gasteiger partial charge >= 0.3 is 5.97 Å². The number of ether oxygens (including phenoxy) is 2. The van der Waals surface area contributed by atoms with E-state index < -0.39 is 0 Å². The van der Waals surface area contributed by atoms with E-state index in [9.17, 15) is 4.79 Å². The van der Waals surface area contributed by atoms with Gasteiger partial charge in [0, 0.05) is 18.7 Å². The molecular formula is C23H27NO3. The molecule has 1 heterocycles. The van der Waals surface area contributed by atoms with Crippen molar-refractivity contribution in [2.24, 2.45) is 0 Å². The molecule has 0 amide bonds. The SMILES string of the molecule is COc1cccc2c1CCCC2CN(C)CCc1ccc2c(c1)OC(=O)C2. The molecule has 142 valence electrons. The van der Waals surface area contributed by atoms with Crippen LogP contribution < -0.4 is 9.47 Å². The van der Waals surface area contributed by atoms with Crippen molar-refractivity contribution >= 4 is 5.97 Å². The first-order chi connectivity index (χ1) is 13.1. The van der Waals surface area contributed by atoms with Gasteiger partial charge in [-0.3, -0.25) is 4.79 Å². The highest BCUT2D eigenvalue weighted by molar-refractivity contribution is 5.81. The summed E-state index contributed by atoms with van der Waals surface area (Å²) in [6.45, 7) is 2.04. The van der Waals surface area contributed by atoms with E-state index in [0.717, 1.165) is 43.0 Å². The van der Waals surface area contributed by atoms with Crippen LogP contribution in [0, 0.1) is 0 Å². The van der Waals surface area contributed by atoms with E-state index in [1.165, 1.54) is 29.5 Å². The quantitative estimate of drug-likeness (QED) is 0.577. The number of rotatable bonds is 6. The van der Waals surface area contributed by atoms with E-state index in [4.69, 9.17) is 9.47 Å². The van der Waals surface area contributed by atoms with Crippen molar-refractivity contribution in [2.45, 2.75) is 38.0 Å². The third kappa shape index (κ3) is 3.86. The standard InChI is InChI=1S/C23H27NO3/c1-24(12-11-16-9-10-17-14-23(25)27-22(17)13-16)15-18-5-3-7-20-19(18)6-4-8-21(20)26-2/h4,6,8-10,13,18H,3,5,7,11-12,14-15H2,1-2H3. The van der Waals surface area contributed by atoms with E-state index in [1.807, 2.05) is 12.1 Å². The topological polar surface area (TPSA) is 38.8 Å². The van der Waals surface area contributed by atoms with Gasteiger partial charge in [0.2, 0.25) is 0 Å². The molecule has 27 heavy (non-hydrogen) atoms. The van der Waals surface area contributed by atoms with Gasteiger partial charge in [-0.15, -0.1) is 0 Å². The smallest absolute Gasteiger partial charge is 0.315 e. The molecule has 0 spiro atoms. The molecule has 1 unspecified atom stereocenters. The molecule has 4 rings (SSSR count). The maximum atomic E-state index is 11.4. The molecule has 0 bridgehead atoms. The van der Waals surface area contributed by atoms with Gasteiger partial charge in [0.1, 0.15) is 11.5 Å². The van der Waals surface area contributed by atoms with Crippen LogP contribution in [0.1, 0.15) is 41.0 Å². The van der Waals surface area contributed by atoms with Crippen LogP contribution >= 0.6 is 0 Å². The number of likely N-dealkylation sites (N-methyl/N-ethyl adjacent to an activating group) is 1. The number of hydrogen-bond acceptors (Lipinski definition) is 4. The summed E-state index contributed by atoms with van der Waals surface area (Å²) in [6, 6.07) is 12.6. The maximum absolute atomic E-state index is 11.4. The molecule has 0 saturated carbocycles. The monoisotopic (exact) mass is 365 g/mol. The zero-order chi connectivity index (χ0) is 18.8. The molecule has 2 aromatic rings. The van der Waals surface area contributed by atoms with Crippen LogP contribution in [0.5, 0.6) is 11.5 Å². The van der Waals surface area contributed by atoms with E-state index in [-0.39, 0.29) is 5.97 Å². The minimum Gasteiger partial charge on any atom is -0.496 e. The van der Waals surface area contributed by atoms with Crippen molar-refractivity contribution in [1.29, 1.82) is 0 Å². The molecule has 0 radical (unpaired) electrons. The molecule has 1 aliphatic carbocycles. The van der Waals surface area contributed by atoms with Gasteiger partial charge in [-0.2, -0.15) is 0 Å². The Labute approximate surface area is 161 Å². The Morgan fingerprint density at radius 2 is 2.15 bits per heavy atom. The van der Waals surface area contributed by atoms with Gasteiger partial charge in [0.25, 0.3) is 0 Å². The van der Waals surface area contributed by atoms with E-state index in [0.29, 0.717) is 12.3 Å². The second-order valence-electron chi connectivity index (χ2n) is 7.72. The Bertz CT molecular complexity index is 846. The van der Waals surface area contributed by atoms with Crippen molar-refractivity contribution in [3.8, 4) is 11.5 Å². The Morgan fingerprint density at radius 3 is 3.00 bits per heavy atom. The van der Waals surface area contributed by atoms with Crippen molar-refractivity contribution < 1.29 is 14.3 Å². The zero-order valence-electron chi connectivity index (χ0n) is 16.2. The van der Waals surface area contributed by atoms with E-state index in [1.54, 1.807) is 7.11 Å². The fraction of sp³-hybridized carbons (Fsp3) is 0.435. The first-order valence-electron chi connectivity index (χ1n) is 9.81. The number of nitrogens with zero attached hydrogens (tertiary/aromatic N) is 1. The summed E-state index contributed by atoms with van der Waals surface area (Å²) in [4.78, 5) is 13.8. The van der Waals surface area contributed by atoms with Crippen molar-refractivity contribution in [2.75, 3.05) is 27.2 Å². The molecule has 0 saturated heterocycles. The molecule has 1 aliphatic heterocycles. The zero-order valence-corrected chi connectivity index (χ0v) is 16.2. The summed E-state index contributed by atoms with van der Waals surface area (Å²) in [7, 11) is 3.96. The lowest BCUT2D eigenvalue weighted by atomic mass is 9.82. The predicted molar refractivity (Wildman–Crippen MR) is 106 cm³/mol. The lowest BCUT2D eigenvalue weighted by molar-refractivity contribution is -0.131. The number of hydrogen-bond donors (Lipinski definition) is 0. The normalized spacial score (nSPS) is 18.2. The summed E-state index contributed by atoms with van der Waals surface area (Å²) in [6.07, 6.45) is 4.94. The second-order valence-corrected chi connectivity index (χ2v) is 7.72. The lowest BCUT2D eigenvalue weighted by Gasteiger charge is -2.30. The largest absolute Gasteiger partial charge is 0.496 e. The fourth-order valence-corrected chi connectivity index (χ4v) is 4.39. The summed E-state index contributed by atoms with van der Waals surface area (Å²) < 4.78 is 10.8. The van der Waals surface area contributed by atoms with E-state index in [2.05, 4.69) is 36.2 Å². The van der Waals surface area contributed by atoms with Crippen LogP contribution in [-0.4, -0.2) is 38.1 Å². The number of carbonyl (C=O) groups is 1. The van der Waals surface area contributed by atoms with E-state index >= 15 is 0 Å². The Kier molecular flexibility index (Phi) is 5.17. The lowest BCUT2D eigenvalue weighted by Crippen LogP contribution is -2.28. The third-order valence-electron chi connectivity index (χ3n) is 5.81. The van der Waals surface area contributed by atoms with Gasteiger partial charge in [-0.25, -0.2) is 0 Å². The molecule has 0 fully saturated rings. The first kappa shape index (κ1) is 18.1. The molecule has 0 aromatic heterocycles. The third-order valence-corrected chi connectivity index (χ3v) is 5.81. The number of methoxy groups -OCH3 is 1. The number of fused-ring (bicyclic) bond motifs is 2. The van der Waals surface area contributed by atoms with Crippen LogP contribution in [-0.2, 0) is 24.1 Å².